The van der Waals surface area contributed by atoms with Crippen molar-refractivity contribution in [1.82, 2.24) is 4.98 Å². The number of rotatable bonds is 3. The van der Waals surface area contributed by atoms with Gasteiger partial charge in [0.15, 0.2) is 0 Å². The smallest absolute Gasteiger partial charge is 0.0716 e. The van der Waals surface area contributed by atoms with Crippen LogP contribution in [-0.4, -0.2) is 4.98 Å². The Morgan fingerprint density at radius 2 is 2.06 bits per heavy atom. The molecule has 82 valence electrons. The fraction of sp³-hybridized carbons (Fsp3) is 0.154. The Bertz CT molecular complexity index is 456. The molecule has 0 saturated heterocycles. The van der Waals surface area contributed by atoms with Gasteiger partial charge in [-0.1, -0.05) is 31.0 Å². The van der Waals surface area contributed by atoms with E-state index in [2.05, 4.69) is 36.9 Å². The van der Waals surface area contributed by atoms with Crippen molar-refractivity contribution in [3.8, 4) is 0 Å². The minimum absolute atomic E-state index is 0.702. The first-order valence-corrected chi connectivity index (χ1v) is 5.59. The quantitative estimate of drug-likeness (QED) is 0.815. The largest absolute Gasteiger partial charge is 0.313 e. The normalized spacial score (nSPS) is 10.1. The van der Waals surface area contributed by atoms with Crippen LogP contribution in [0.25, 0.3) is 0 Å². The van der Waals surface area contributed by atoms with Gasteiger partial charge < -0.3 is 4.31 Å². The Kier molecular flexibility index (Phi) is 3.47. The van der Waals surface area contributed by atoms with Gasteiger partial charge in [0.05, 0.1) is 12.2 Å². The molecule has 0 fully saturated rings. The van der Waals surface area contributed by atoms with E-state index in [0.717, 1.165) is 11.4 Å². The Morgan fingerprint density at radius 3 is 2.75 bits per heavy atom. The van der Waals surface area contributed by atoms with Crippen LogP contribution < -0.4 is 4.31 Å². The van der Waals surface area contributed by atoms with Gasteiger partial charge in [-0.05, 0) is 36.8 Å². The first-order valence-electron chi connectivity index (χ1n) is 5.19. The van der Waals surface area contributed by atoms with Crippen LogP contribution in [0, 0.1) is 6.92 Å². The van der Waals surface area contributed by atoms with Gasteiger partial charge in [0.25, 0.3) is 0 Å². The molecule has 0 atom stereocenters. The maximum Gasteiger partial charge on any atom is 0.0716 e. The number of benzene rings is 1. The molecule has 0 amide bonds. The van der Waals surface area contributed by atoms with Crippen LogP contribution in [0.1, 0.15) is 11.3 Å². The van der Waals surface area contributed by atoms with Crippen LogP contribution in [-0.2, 0) is 6.54 Å². The van der Waals surface area contributed by atoms with Crippen LogP contribution in [0.2, 0.25) is 0 Å². The number of anilines is 1. The summed E-state index contributed by atoms with van der Waals surface area (Å²) in [4.78, 5) is 4.28. The number of nitrogens with zero attached hydrogens (tertiary/aromatic N) is 2. The van der Waals surface area contributed by atoms with Gasteiger partial charge in [0, 0.05) is 11.9 Å². The number of pyridine rings is 1. The van der Waals surface area contributed by atoms with Crippen molar-refractivity contribution in [1.29, 1.82) is 0 Å². The lowest BCUT2D eigenvalue weighted by atomic mass is 10.2. The highest BCUT2D eigenvalue weighted by Crippen LogP contribution is 2.19. The van der Waals surface area contributed by atoms with Crippen molar-refractivity contribution in [3.05, 3.63) is 59.9 Å². The van der Waals surface area contributed by atoms with Crippen LogP contribution in [0.5, 0.6) is 0 Å². The second-order valence-corrected chi connectivity index (χ2v) is 4.20. The molecule has 0 spiro atoms. The van der Waals surface area contributed by atoms with Gasteiger partial charge in [-0.2, -0.15) is 0 Å². The summed E-state index contributed by atoms with van der Waals surface area (Å²) in [5.74, 6) is 0. The molecule has 1 heterocycles. The zero-order chi connectivity index (χ0) is 11.4. The van der Waals surface area contributed by atoms with E-state index in [-0.39, 0.29) is 0 Å². The highest BCUT2D eigenvalue weighted by Gasteiger charge is 2.03. The van der Waals surface area contributed by atoms with Crippen molar-refractivity contribution in [2.24, 2.45) is 0 Å². The summed E-state index contributed by atoms with van der Waals surface area (Å²) >= 11 is 4.47. The monoisotopic (exact) mass is 230 g/mol. The van der Waals surface area contributed by atoms with E-state index in [0.29, 0.717) is 6.54 Å². The summed E-state index contributed by atoms with van der Waals surface area (Å²) in [6, 6.07) is 14.2. The average Bonchev–Trinajstić information content (AvgIpc) is 2.30. The number of aromatic nitrogens is 1. The van der Waals surface area contributed by atoms with Gasteiger partial charge in [0.2, 0.25) is 0 Å². The molecule has 0 aliphatic heterocycles. The lowest BCUT2D eigenvalue weighted by Gasteiger charge is -2.17. The fourth-order valence-electron chi connectivity index (χ4n) is 1.52. The molecule has 3 heteroatoms. The fourth-order valence-corrected chi connectivity index (χ4v) is 1.79. The molecule has 16 heavy (non-hydrogen) atoms. The summed E-state index contributed by atoms with van der Waals surface area (Å²) in [5.41, 5.74) is 3.34. The van der Waals surface area contributed by atoms with Crippen molar-refractivity contribution < 1.29 is 0 Å². The van der Waals surface area contributed by atoms with E-state index in [1.807, 2.05) is 34.6 Å². The first kappa shape index (κ1) is 11.0. The van der Waals surface area contributed by atoms with Crippen molar-refractivity contribution in [2.45, 2.75) is 13.5 Å². The topological polar surface area (TPSA) is 16.1 Å². The number of hydrogen-bond acceptors (Lipinski definition) is 3. The number of thiol groups is 1. The van der Waals surface area contributed by atoms with Crippen LogP contribution in [0.3, 0.4) is 0 Å². The molecule has 0 saturated carbocycles. The molecule has 0 bridgehead atoms. The lowest BCUT2D eigenvalue weighted by Crippen LogP contribution is -2.10. The Balaban J connectivity index is 2.12. The van der Waals surface area contributed by atoms with E-state index >= 15 is 0 Å². The summed E-state index contributed by atoms with van der Waals surface area (Å²) < 4.78 is 1.90. The maximum atomic E-state index is 4.47. The lowest BCUT2D eigenvalue weighted by molar-refractivity contribution is 0.988. The average molecular weight is 230 g/mol. The molecule has 1 aromatic heterocycles. The van der Waals surface area contributed by atoms with Gasteiger partial charge in [0.1, 0.15) is 0 Å². The zero-order valence-corrected chi connectivity index (χ0v) is 10.1. The standard InChI is InChI=1S/C13H14N2S/c1-11-5-4-7-13(9-11)15(16)10-12-6-2-3-8-14-12/h2-9,16H,10H2,1H3. The van der Waals surface area contributed by atoms with Crippen LogP contribution in [0.4, 0.5) is 5.69 Å². The molecule has 1 aromatic carbocycles. The summed E-state index contributed by atoms with van der Waals surface area (Å²) in [6.45, 7) is 2.78. The third-order valence-electron chi connectivity index (χ3n) is 2.34. The summed E-state index contributed by atoms with van der Waals surface area (Å²) in [7, 11) is 0. The van der Waals surface area contributed by atoms with Crippen molar-refractivity contribution >= 4 is 18.5 Å². The maximum absolute atomic E-state index is 4.47. The molecule has 2 aromatic rings. The molecule has 2 nitrogen and oxygen atoms in total. The van der Waals surface area contributed by atoms with Crippen molar-refractivity contribution in [3.63, 3.8) is 0 Å². The highest BCUT2D eigenvalue weighted by molar-refractivity contribution is 7.81. The Morgan fingerprint density at radius 1 is 1.19 bits per heavy atom. The Hall–Kier alpha value is -1.48. The molecular formula is C13H14N2S. The molecule has 0 aliphatic carbocycles. The van der Waals surface area contributed by atoms with Gasteiger partial charge in [-0.25, -0.2) is 0 Å². The van der Waals surface area contributed by atoms with Gasteiger partial charge in [-0.3, -0.25) is 4.98 Å². The predicted octanol–water partition coefficient (Wildman–Crippen LogP) is 3.24. The molecule has 0 unspecified atom stereocenters. The third-order valence-corrected chi connectivity index (χ3v) is 2.71. The van der Waals surface area contributed by atoms with E-state index < -0.39 is 0 Å². The molecule has 2 rings (SSSR count). The minimum atomic E-state index is 0.702. The predicted molar refractivity (Wildman–Crippen MR) is 70.6 cm³/mol. The van der Waals surface area contributed by atoms with Crippen LogP contribution >= 0.6 is 12.8 Å². The molecule has 0 N–H and O–H groups in total. The number of hydrogen-bond donors (Lipinski definition) is 1. The molecule has 0 aliphatic rings. The van der Waals surface area contributed by atoms with E-state index in [1.165, 1.54) is 5.56 Å². The SMILES string of the molecule is Cc1cccc(N(S)Cc2ccccn2)c1. The van der Waals surface area contributed by atoms with E-state index in [1.54, 1.807) is 6.20 Å². The second kappa shape index (κ2) is 5.03. The first-order chi connectivity index (χ1) is 7.75. The zero-order valence-electron chi connectivity index (χ0n) is 9.17. The summed E-state index contributed by atoms with van der Waals surface area (Å²) in [5, 5.41) is 0. The van der Waals surface area contributed by atoms with Crippen molar-refractivity contribution in [2.75, 3.05) is 4.31 Å². The Labute approximate surface area is 101 Å². The number of aryl methyl sites for hydroxylation is 1. The third kappa shape index (κ3) is 2.76. The highest BCUT2D eigenvalue weighted by atomic mass is 32.1. The molecule has 0 radical (unpaired) electrons. The van der Waals surface area contributed by atoms with Gasteiger partial charge >= 0.3 is 0 Å². The molecular weight excluding hydrogens is 216 g/mol. The minimum Gasteiger partial charge on any atom is -0.313 e. The second-order valence-electron chi connectivity index (χ2n) is 3.72. The van der Waals surface area contributed by atoms with E-state index in [4.69, 9.17) is 0 Å². The van der Waals surface area contributed by atoms with Gasteiger partial charge in [-0.15, -0.1) is 0 Å². The van der Waals surface area contributed by atoms with E-state index in [9.17, 15) is 0 Å². The summed E-state index contributed by atoms with van der Waals surface area (Å²) in [6.07, 6.45) is 1.80. The van der Waals surface area contributed by atoms with Crippen LogP contribution in [0.15, 0.2) is 48.7 Å².